The highest BCUT2D eigenvalue weighted by atomic mass is 28.3. The van der Waals surface area contributed by atoms with Crippen LogP contribution in [0.15, 0.2) is 30.3 Å². The summed E-state index contributed by atoms with van der Waals surface area (Å²) in [6.07, 6.45) is 5.37. The second-order valence-electron chi connectivity index (χ2n) is 10.3. The van der Waals surface area contributed by atoms with Crippen LogP contribution in [0.3, 0.4) is 0 Å². The number of hydrogen-bond acceptors (Lipinski definition) is 2. The molecular formula is C24H40O2Si. The highest BCUT2D eigenvalue weighted by molar-refractivity contribution is 6.82. The first kappa shape index (κ1) is 22.2. The Morgan fingerprint density at radius 3 is 2.37 bits per heavy atom. The summed E-state index contributed by atoms with van der Waals surface area (Å²) in [5, 5.41) is -0.356. The normalized spacial score (nSPS) is 25.9. The van der Waals surface area contributed by atoms with Gasteiger partial charge in [0, 0.05) is 0 Å². The van der Waals surface area contributed by atoms with Crippen LogP contribution >= 0.6 is 0 Å². The monoisotopic (exact) mass is 388 g/mol. The van der Waals surface area contributed by atoms with E-state index in [-0.39, 0.29) is 17.1 Å². The average molecular weight is 389 g/mol. The van der Waals surface area contributed by atoms with Crippen LogP contribution in [-0.4, -0.2) is 20.1 Å². The minimum Gasteiger partial charge on any atom is -0.462 e. The summed E-state index contributed by atoms with van der Waals surface area (Å²) in [6.45, 7) is 15.9. The number of carbonyl (C=O) groups excluding carboxylic acids is 1. The van der Waals surface area contributed by atoms with E-state index in [0.29, 0.717) is 17.8 Å². The predicted octanol–water partition coefficient (Wildman–Crippen LogP) is 6.72. The second-order valence-corrected chi connectivity index (χ2v) is 15.9. The minimum atomic E-state index is -1.75. The molecule has 2 nitrogen and oxygen atoms in total. The molecule has 0 aliphatic heterocycles. The fourth-order valence-corrected chi connectivity index (χ4v) is 5.89. The van der Waals surface area contributed by atoms with E-state index in [1.54, 1.807) is 0 Å². The van der Waals surface area contributed by atoms with Gasteiger partial charge in [0.1, 0.15) is 6.10 Å². The predicted molar refractivity (Wildman–Crippen MR) is 118 cm³/mol. The Morgan fingerprint density at radius 2 is 1.81 bits per heavy atom. The molecule has 1 fully saturated rings. The lowest BCUT2D eigenvalue weighted by Gasteiger charge is -2.42. The van der Waals surface area contributed by atoms with Crippen molar-refractivity contribution >= 4 is 14.0 Å². The van der Waals surface area contributed by atoms with Gasteiger partial charge in [0.05, 0.1) is 13.1 Å². The van der Waals surface area contributed by atoms with Gasteiger partial charge in [0.15, 0.2) is 0 Å². The van der Waals surface area contributed by atoms with E-state index >= 15 is 0 Å². The Labute approximate surface area is 168 Å². The fourth-order valence-electron chi connectivity index (χ4n) is 4.34. The molecular weight excluding hydrogens is 348 g/mol. The van der Waals surface area contributed by atoms with Gasteiger partial charge in [0.25, 0.3) is 0 Å². The van der Waals surface area contributed by atoms with E-state index in [1.807, 2.05) is 6.07 Å². The number of esters is 1. The van der Waals surface area contributed by atoms with E-state index < -0.39 is 8.07 Å². The third-order valence-corrected chi connectivity index (χ3v) is 10.8. The summed E-state index contributed by atoms with van der Waals surface area (Å²) in [4.78, 5) is 13.5. The third kappa shape index (κ3) is 5.46. The van der Waals surface area contributed by atoms with E-state index in [0.717, 1.165) is 19.3 Å². The Morgan fingerprint density at radius 1 is 1.19 bits per heavy atom. The van der Waals surface area contributed by atoms with Crippen molar-refractivity contribution in [3.05, 3.63) is 35.9 Å². The van der Waals surface area contributed by atoms with Crippen molar-refractivity contribution in [3.8, 4) is 0 Å². The van der Waals surface area contributed by atoms with Gasteiger partial charge in [-0.25, -0.2) is 0 Å². The molecule has 0 bridgehead atoms. The lowest BCUT2D eigenvalue weighted by atomic mass is 9.75. The van der Waals surface area contributed by atoms with Crippen LogP contribution in [0.1, 0.15) is 58.9 Å². The quantitative estimate of drug-likeness (QED) is 0.383. The van der Waals surface area contributed by atoms with Crippen molar-refractivity contribution in [2.75, 3.05) is 0 Å². The highest BCUT2D eigenvalue weighted by Crippen LogP contribution is 2.45. The number of ether oxygens (including phenoxy) is 1. The zero-order chi connectivity index (χ0) is 20.2. The summed E-state index contributed by atoms with van der Waals surface area (Å²) in [5.74, 6) is 1.78. The molecule has 0 radical (unpaired) electrons. The molecule has 1 saturated carbocycles. The van der Waals surface area contributed by atoms with Crippen molar-refractivity contribution in [2.24, 2.45) is 17.8 Å². The first-order valence-electron chi connectivity index (χ1n) is 10.8. The largest absolute Gasteiger partial charge is 0.462 e. The maximum Gasteiger partial charge on any atom is 0.309 e. The molecule has 0 unspecified atom stereocenters. The number of hydrogen-bond donors (Lipinski definition) is 0. The summed E-state index contributed by atoms with van der Waals surface area (Å²) >= 11 is 0. The van der Waals surface area contributed by atoms with Gasteiger partial charge in [-0.2, -0.15) is 0 Å². The van der Waals surface area contributed by atoms with Crippen molar-refractivity contribution in [2.45, 2.75) is 90.6 Å². The highest BCUT2D eigenvalue weighted by Gasteiger charge is 2.48. The van der Waals surface area contributed by atoms with E-state index in [1.165, 1.54) is 18.4 Å². The van der Waals surface area contributed by atoms with Crippen molar-refractivity contribution < 1.29 is 9.53 Å². The molecule has 3 heteroatoms. The van der Waals surface area contributed by atoms with Crippen LogP contribution < -0.4 is 0 Å². The number of rotatable bonds is 7. The van der Waals surface area contributed by atoms with Crippen molar-refractivity contribution in [1.29, 1.82) is 0 Å². The van der Waals surface area contributed by atoms with Crippen LogP contribution in [0.5, 0.6) is 0 Å². The fraction of sp³-hybridized carbons (Fsp3) is 0.708. The van der Waals surface area contributed by atoms with Crippen LogP contribution in [0.4, 0.5) is 0 Å². The molecule has 152 valence electrons. The molecule has 0 N–H and O–H groups in total. The molecule has 0 spiro atoms. The SMILES string of the molecule is CC(C)[C@@H]1CC[C@@H](C)C[C@H]1OC(=O)[C@@](C)(CCc1ccccc1)[Si](C)(C)C. The Hall–Kier alpha value is -1.09. The molecule has 1 aromatic carbocycles. The summed E-state index contributed by atoms with van der Waals surface area (Å²) in [6, 6.07) is 10.5. The van der Waals surface area contributed by atoms with Gasteiger partial charge in [-0.3, -0.25) is 4.79 Å². The average Bonchev–Trinajstić information content (AvgIpc) is 2.59. The maximum absolute atomic E-state index is 13.5. The minimum absolute atomic E-state index is 0.0577. The summed E-state index contributed by atoms with van der Waals surface area (Å²) < 4.78 is 6.31. The zero-order valence-electron chi connectivity index (χ0n) is 18.5. The van der Waals surface area contributed by atoms with Crippen LogP contribution in [0, 0.1) is 17.8 Å². The van der Waals surface area contributed by atoms with Gasteiger partial charge in [0.2, 0.25) is 0 Å². The molecule has 0 aromatic heterocycles. The zero-order valence-corrected chi connectivity index (χ0v) is 19.5. The standard InChI is InChI=1S/C24H40O2Si/c1-18(2)21-14-13-19(3)17-22(21)26-23(25)24(4,27(5,6)7)16-15-20-11-9-8-10-12-20/h8-12,18-19,21-22H,13-17H2,1-7H3/t19-,21+,22-,24-/m1/s1. The van der Waals surface area contributed by atoms with E-state index in [2.05, 4.69) is 71.6 Å². The molecule has 0 amide bonds. The van der Waals surface area contributed by atoms with Crippen LogP contribution in [-0.2, 0) is 16.0 Å². The first-order valence-corrected chi connectivity index (χ1v) is 14.3. The second kappa shape index (κ2) is 8.94. The van der Waals surface area contributed by atoms with Gasteiger partial charge in [-0.05, 0) is 49.0 Å². The molecule has 0 heterocycles. The summed E-state index contributed by atoms with van der Waals surface area (Å²) in [7, 11) is -1.75. The number of benzene rings is 1. The molecule has 27 heavy (non-hydrogen) atoms. The first-order chi connectivity index (χ1) is 12.5. The van der Waals surface area contributed by atoms with Crippen molar-refractivity contribution in [3.63, 3.8) is 0 Å². The maximum atomic E-state index is 13.5. The molecule has 4 atom stereocenters. The van der Waals surface area contributed by atoms with Gasteiger partial charge >= 0.3 is 5.97 Å². The molecule has 2 rings (SSSR count). The Kier molecular flexibility index (Phi) is 7.35. The molecule has 1 aliphatic carbocycles. The Balaban J connectivity index is 2.15. The Bertz CT molecular complexity index is 605. The van der Waals surface area contributed by atoms with Crippen molar-refractivity contribution in [1.82, 2.24) is 0 Å². The molecule has 0 saturated heterocycles. The molecule has 1 aliphatic rings. The van der Waals surface area contributed by atoms with Gasteiger partial charge < -0.3 is 4.74 Å². The van der Waals surface area contributed by atoms with Crippen LogP contribution in [0.25, 0.3) is 0 Å². The third-order valence-electron chi connectivity index (χ3n) is 7.08. The lowest BCUT2D eigenvalue weighted by Crippen LogP contribution is -2.47. The number of carbonyl (C=O) groups is 1. The van der Waals surface area contributed by atoms with Gasteiger partial charge in [-0.1, -0.05) is 84.1 Å². The van der Waals surface area contributed by atoms with Gasteiger partial charge in [-0.15, -0.1) is 0 Å². The lowest BCUT2D eigenvalue weighted by molar-refractivity contribution is -0.159. The summed E-state index contributed by atoms with van der Waals surface area (Å²) in [5.41, 5.74) is 1.31. The topological polar surface area (TPSA) is 26.3 Å². The molecule has 1 aromatic rings. The number of aryl methyl sites for hydroxylation is 1. The van der Waals surface area contributed by atoms with E-state index in [4.69, 9.17) is 4.74 Å². The smallest absolute Gasteiger partial charge is 0.309 e. The van der Waals surface area contributed by atoms with Crippen LogP contribution in [0.2, 0.25) is 24.7 Å². The van der Waals surface area contributed by atoms with E-state index in [9.17, 15) is 4.79 Å².